The lowest BCUT2D eigenvalue weighted by atomic mass is 10.0. The van der Waals surface area contributed by atoms with E-state index in [9.17, 15) is 18.0 Å². The van der Waals surface area contributed by atoms with E-state index in [0.717, 1.165) is 22.9 Å². The van der Waals surface area contributed by atoms with Gasteiger partial charge in [-0.1, -0.05) is 75.4 Å². The van der Waals surface area contributed by atoms with Gasteiger partial charge in [-0.25, -0.2) is 4.98 Å². The third-order valence-corrected chi connectivity index (χ3v) is 10.8. The van der Waals surface area contributed by atoms with Crippen LogP contribution in [0.5, 0.6) is 0 Å². The lowest BCUT2D eigenvalue weighted by molar-refractivity contribution is -0.0900. The van der Waals surface area contributed by atoms with Crippen LogP contribution in [0.1, 0.15) is 55.3 Å². The summed E-state index contributed by atoms with van der Waals surface area (Å²) in [6.45, 7) is 10.3. The monoisotopic (exact) mass is 489 g/mol. The minimum absolute atomic E-state index is 0.00155. The predicted molar refractivity (Wildman–Crippen MR) is 128 cm³/mol. The van der Waals surface area contributed by atoms with Crippen LogP contribution in [0.2, 0.25) is 18.1 Å². The molecule has 0 aliphatic heterocycles. The molecule has 0 bridgehead atoms. The molecule has 182 valence electrons. The smallest absolute Gasteiger partial charge is 0.434 e. The number of halogens is 3. The third kappa shape index (κ3) is 6.24. The molecule has 8 heteroatoms. The van der Waals surface area contributed by atoms with E-state index in [0.29, 0.717) is 12.8 Å². The molecule has 34 heavy (non-hydrogen) atoms. The van der Waals surface area contributed by atoms with Crippen molar-refractivity contribution in [2.75, 3.05) is 0 Å². The molecule has 0 N–H and O–H groups in total. The Morgan fingerprint density at radius 1 is 1.00 bits per heavy atom. The van der Waals surface area contributed by atoms with Crippen molar-refractivity contribution >= 4 is 14.1 Å². The van der Waals surface area contributed by atoms with Gasteiger partial charge in [-0.2, -0.15) is 13.2 Å². The van der Waals surface area contributed by atoms with Gasteiger partial charge in [0.25, 0.3) is 0 Å². The molecule has 3 rings (SSSR count). The molecule has 1 heterocycles. The summed E-state index contributed by atoms with van der Waals surface area (Å²) in [6.07, 6.45) is -3.78. The van der Waals surface area contributed by atoms with Crippen molar-refractivity contribution in [2.45, 2.75) is 64.0 Å². The van der Waals surface area contributed by atoms with Crippen molar-refractivity contribution in [1.82, 2.24) is 4.98 Å². The number of aromatic nitrogens is 1. The van der Waals surface area contributed by atoms with Gasteiger partial charge >= 0.3 is 12.0 Å². The van der Waals surface area contributed by atoms with Crippen LogP contribution in [-0.4, -0.2) is 25.3 Å². The molecule has 0 spiro atoms. The molecule has 2 aromatic carbocycles. The minimum Gasteiger partial charge on any atom is -0.434 e. The van der Waals surface area contributed by atoms with E-state index < -0.39 is 32.1 Å². The standard InChI is InChI=1S/C26H30F3NO3Si/c1-25(2,3)34(4,5)33-21(24-30-17-22(32-24)23(31)26(27,28)29)16-13-18-11-14-20(15-12-18)19-9-7-6-8-10-19/h6-12,14-15,17,21H,13,16H2,1-5H3. The van der Waals surface area contributed by atoms with E-state index in [1.807, 2.05) is 54.6 Å². The van der Waals surface area contributed by atoms with Gasteiger partial charge in [-0.15, -0.1) is 0 Å². The molecule has 0 radical (unpaired) electrons. The van der Waals surface area contributed by atoms with Gasteiger partial charge < -0.3 is 8.84 Å². The Morgan fingerprint density at radius 2 is 1.59 bits per heavy atom. The number of oxazole rings is 1. The highest BCUT2D eigenvalue weighted by Crippen LogP contribution is 2.41. The number of benzene rings is 2. The van der Waals surface area contributed by atoms with Crippen molar-refractivity contribution in [1.29, 1.82) is 0 Å². The quantitative estimate of drug-likeness (QED) is 0.239. The van der Waals surface area contributed by atoms with Gasteiger partial charge in [0.15, 0.2) is 14.1 Å². The van der Waals surface area contributed by atoms with Crippen molar-refractivity contribution < 1.29 is 26.8 Å². The Balaban J connectivity index is 1.81. The maximum Gasteiger partial charge on any atom is 0.458 e. The minimum atomic E-state index is -5.02. The van der Waals surface area contributed by atoms with Crippen LogP contribution in [0, 0.1) is 0 Å². The molecule has 0 aliphatic carbocycles. The van der Waals surface area contributed by atoms with Gasteiger partial charge in [-0.05, 0) is 47.7 Å². The second kappa shape index (κ2) is 9.88. The Morgan fingerprint density at radius 3 is 2.15 bits per heavy atom. The Bertz CT molecular complexity index is 1100. The fraction of sp³-hybridized carbons (Fsp3) is 0.385. The summed E-state index contributed by atoms with van der Waals surface area (Å²) in [4.78, 5) is 15.6. The first-order chi connectivity index (χ1) is 15.8. The molecule has 0 amide bonds. The number of hydrogen-bond donors (Lipinski definition) is 0. The number of carbonyl (C=O) groups excluding carboxylic acids is 1. The van der Waals surface area contributed by atoms with E-state index in [-0.39, 0.29) is 10.9 Å². The van der Waals surface area contributed by atoms with Crippen LogP contribution in [0.3, 0.4) is 0 Å². The van der Waals surface area contributed by atoms with Gasteiger partial charge in [0.1, 0.15) is 6.10 Å². The predicted octanol–water partition coefficient (Wildman–Crippen LogP) is 7.78. The lowest BCUT2D eigenvalue weighted by Crippen LogP contribution is -2.42. The van der Waals surface area contributed by atoms with Gasteiger partial charge in [-0.3, -0.25) is 4.79 Å². The zero-order valence-corrected chi connectivity index (χ0v) is 21.1. The normalized spacial score (nSPS) is 13.6. The van der Waals surface area contributed by atoms with Crippen LogP contribution in [0.25, 0.3) is 11.1 Å². The zero-order chi connectivity index (χ0) is 25.1. The maximum atomic E-state index is 12.8. The summed E-state index contributed by atoms with van der Waals surface area (Å²) in [6, 6.07) is 18.2. The first kappa shape index (κ1) is 25.9. The molecule has 1 unspecified atom stereocenters. The van der Waals surface area contributed by atoms with Crippen molar-refractivity contribution in [3.05, 3.63) is 78.0 Å². The Hall–Kier alpha value is -2.71. The van der Waals surface area contributed by atoms with Crippen molar-refractivity contribution in [3.8, 4) is 11.1 Å². The molecule has 0 fully saturated rings. The Labute approximate surface area is 199 Å². The number of nitrogens with zero attached hydrogens (tertiary/aromatic N) is 1. The van der Waals surface area contributed by atoms with E-state index in [1.165, 1.54) is 0 Å². The summed E-state index contributed by atoms with van der Waals surface area (Å²) in [5.74, 6) is -2.87. The molecular formula is C26H30F3NO3Si. The van der Waals surface area contributed by atoms with Gasteiger partial charge in [0.2, 0.25) is 5.89 Å². The van der Waals surface area contributed by atoms with Crippen LogP contribution < -0.4 is 0 Å². The SMILES string of the molecule is CC(C)(C)[Si](C)(C)OC(CCc1ccc(-c2ccccc2)cc1)c1ncc(C(=O)C(F)(F)F)o1. The van der Waals surface area contributed by atoms with E-state index in [4.69, 9.17) is 8.84 Å². The highest BCUT2D eigenvalue weighted by molar-refractivity contribution is 6.74. The van der Waals surface area contributed by atoms with Crippen molar-refractivity contribution in [3.63, 3.8) is 0 Å². The summed E-state index contributed by atoms with van der Waals surface area (Å²) < 4.78 is 50.3. The second-order valence-corrected chi connectivity index (χ2v) is 14.6. The fourth-order valence-corrected chi connectivity index (χ4v) is 4.52. The molecule has 0 saturated carbocycles. The van der Waals surface area contributed by atoms with E-state index in [2.05, 4.69) is 38.8 Å². The highest BCUT2D eigenvalue weighted by Gasteiger charge is 2.43. The molecule has 1 aromatic heterocycles. The Kier molecular flexibility index (Phi) is 7.52. The topological polar surface area (TPSA) is 52.3 Å². The fourth-order valence-electron chi connectivity index (χ4n) is 3.24. The van der Waals surface area contributed by atoms with E-state index in [1.54, 1.807) is 0 Å². The molecule has 0 saturated heterocycles. The molecular weight excluding hydrogens is 459 g/mol. The van der Waals surface area contributed by atoms with Crippen LogP contribution in [0.4, 0.5) is 13.2 Å². The molecule has 0 aliphatic rings. The number of aryl methyl sites for hydroxylation is 1. The number of Topliss-reactive ketones (excluding diaryl/α,β-unsaturated/α-hetero) is 1. The number of carbonyl (C=O) groups is 1. The zero-order valence-electron chi connectivity index (χ0n) is 20.1. The van der Waals surface area contributed by atoms with Crippen molar-refractivity contribution in [2.24, 2.45) is 0 Å². The first-order valence-electron chi connectivity index (χ1n) is 11.2. The average Bonchev–Trinajstić information content (AvgIpc) is 3.25. The number of rotatable bonds is 8. The number of ketones is 1. The third-order valence-electron chi connectivity index (χ3n) is 6.28. The first-order valence-corrected chi connectivity index (χ1v) is 14.1. The maximum absolute atomic E-state index is 12.8. The summed E-state index contributed by atoms with van der Waals surface area (Å²) in [5, 5.41) is -0.125. The number of alkyl halides is 3. The largest absolute Gasteiger partial charge is 0.458 e. The van der Waals surface area contributed by atoms with Crippen LogP contribution in [0.15, 0.2) is 65.2 Å². The highest BCUT2D eigenvalue weighted by atomic mass is 28.4. The summed E-state index contributed by atoms with van der Waals surface area (Å²) in [7, 11) is -2.30. The van der Waals surface area contributed by atoms with Gasteiger partial charge in [0.05, 0.1) is 6.20 Å². The second-order valence-electron chi connectivity index (χ2n) is 9.86. The average molecular weight is 490 g/mol. The summed E-state index contributed by atoms with van der Waals surface area (Å²) >= 11 is 0. The van der Waals surface area contributed by atoms with Gasteiger partial charge in [0, 0.05) is 0 Å². The summed E-state index contributed by atoms with van der Waals surface area (Å²) in [5.41, 5.74) is 3.28. The molecule has 3 aromatic rings. The van der Waals surface area contributed by atoms with E-state index >= 15 is 0 Å². The number of hydrogen-bond acceptors (Lipinski definition) is 4. The molecule has 4 nitrogen and oxygen atoms in total. The van der Waals surface area contributed by atoms with Crippen LogP contribution in [-0.2, 0) is 10.8 Å². The lowest BCUT2D eigenvalue weighted by Gasteiger charge is -2.38. The van der Waals surface area contributed by atoms with Crippen LogP contribution >= 0.6 is 0 Å². The molecule has 1 atom stereocenters.